The minimum Gasteiger partial charge on any atom is -0.478 e. The van der Waals surface area contributed by atoms with Crippen LogP contribution in [0, 0.1) is 12.3 Å². The van der Waals surface area contributed by atoms with Gasteiger partial charge in [0.1, 0.15) is 0 Å². The van der Waals surface area contributed by atoms with Gasteiger partial charge >= 0.3 is 0 Å². The highest BCUT2D eigenvalue weighted by molar-refractivity contribution is 6.18. The molecule has 0 radical (unpaired) electrons. The summed E-state index contributed by atoms with van der Waals surface area (Å²) < 4.78 is 5.60. The molecule has 0 atom stereocenters. The van der Waals surface area contributed by atoms with Crippen molar-refractivity contribution in [3.63, 3.8) is 0 Å². The number of anilines is 1. The molecular formula is C16H26ClN3O. The molecule has 0 unspecified atom stereocenters. The summed E-state index contributed by atoms with van der Waals surface area (Å²) in [5.74, 6) is 2.00. The molecule has 2 rings (SSSR count). The summed E-state index contributed by atoms with van der Waals surface area (Å²) in [6, 6.07) is 1.87. The predicted octanol–water partition coefficient (Wildman–Crippen LogP) is 4.18. The molecule has 1 heterocycles. The summed E-state index contributed by atoms with van der Waals surface area (Å²) in [6.07, 6.45) is 7.22. The minimum absolute atomic E-state index is 0.192. The lowest BCUT2D eigenvalue weighted by atomic mass is 9.75. The number of nitrogens with zero attached hydrogens (tertiary/aromatic N) is 2. The van der Waals surface area contributed by atoms with E-state index in [1.54, 1.807) is 0 Å². The second-order valence-electron chi connectivity index (χ2n) is 6.07. The van der Waals surface area contributed by atoms with Crippen molar-refractivity contribution >= 4 is 17.5 Å². The second kappa shape index (κ2) is 7.83. The van der Waals surface area contributed by atoms with Crippen LogP contribution in [-0.4, -0.2) is 29.0 Å². The summed E-state index contributed by atoms with van der Waals surface area (Å²) in [4.78, 5) is 8.88. The van der Waals surface area contributed by atoms with E-state index < -0.39 is 0 Å². The fraction of sp³-hybridized carbons (Fsp3) is 0.750. The number of aromatic nitrogens is 2. The van der Waals surface area contributed by atoms with Crippen LogP contribution in [0.25, 0.3) is 0 Å². The zero-order valence-electron chi connectivity index (χ0n) is 13.1. The standard InChI is InChI=1S/C16H26ClN3O/c1-3-9-21-14-10-13(2)19-15(20-14)18-12-16(11-17)7-5-4-6-8-16/h10H,3-9,11-12H2,1-2H3,(H,18,19,20). The highest BCUT2D eigenvalue weighted by atomic mass is 35.5. The lowest BCUT2D eigenvalue weighted by Gasteiger charge is -2.35. The van der Waals surface area contributed by atoms with E-state index >= 15 is 0 Å². The Bertz CT molecular complexity index is 447. The van der Waals surface area contributed by atoms with E-state index in [0.29, 0.717) is 24.3 Å². The van der Waals surface area contributed by atoms with Crippen molar-refractivity contribution in [2.75, 3.05) is 24.3 Å². The molecule has 0 spiro atoms. The highest BCUT2D eigenvalue weighted by Crippen LogP contribution is 2.37. The molecule has 0 aliphatic heterocycles. The maximum atomic E-state index is 6.23. The first-order valence-electron chi connectivity index (χ1n) is 7.96. The van der Waals surface area contributed by atoms with Crippen LogP contribution < -0.4 is 10.1 Å². The molecule has 118 valence electrons. The molecule has 1 saturated carbocycles. The van der Waals surface area contributed by atoms with Gasteiger partial charge in [0.15, 0.2) is 0 Å². The molecule has 0 aromatic carbocycles. The average molecular weight is 312 g/mol. The number of ether oxygens (including phenoxy) is 1. The largest absolute Gasteiger partial charge is 0.478 e. The Morgan fingerprint density at radius 1 is 1.29 bits per heavy atom. The van der Waals surface area contributed by atoms with Gasteiger partial charge in [0.05, 0.1) is 6.61 Å². The van der Waals surface area contributed by atoms with Gasteiger partial charge in [0.25, 0.3) is 0 Å². The number of aryl methyl sites for hydroxylation is 1. The molecule has 4 nitrogen and oxygen atoms in total. The quantitative estimate of drug-likeness (QED) is 0.768. The number of rotatable bonds is 7. The molecule has 1 aromatic rings. The van der Waals surface area contributed by atoms with Gasteiger partial charge in [-0.2, -0.15) is 4.98 Å². The van der Waals surface area contributed by atoms with Crippen molar-refractivity contribution in [1.82, 2.24) is 9.97 Å². The first-order valence-corrected chi connectivity index (χ1v) is 8.49. The summed E-state index contributed by atoms with van der Waals surface area (Å²) in [6.45, 7) is 5.57. The van der Waals surface area contributed by atoms with Crippen LogP contribution in [0.4, 0.5) is 5.95 Å². The smallest absolute Gasteiger partial charge is 0.226 e. The van der Waals surface area contributed by atoms with Crippen LogP contribution in [0.2, 0.25) is 0 Å². The third kappa shape index (κ3) is 4.73. The molecule has 1 aromatic heterocycles. The SMILES string of the molecule is CCCOc1cc(C)nc(NCC2(CCl)CCCCC2)n1. The van der Waals surface area contributed by atoms with Crippen molar-refractivity contribution in [1.29, 1.82) is 0 Å². The maximum Gasteiger partial charge on any atom is 0.226 e. The number of hydrogen-bond acceptors (Lipinski definition) is 4. The van der Waals surface area contributed by atoms with E-state index in [9.17, 15) is 0 Å². The fourth-order valence-corrected chi connectivity index (χ4v) is 3.19. The Hall–Kier alpha value is -1.03. The van der Waals surface area contributed by atoms with Crippen LogP contribution in [0.15, 0.2) is 6.07 Å². The van der Waals surface area contributed by atoms with Gasteiger partial charge in [0, 0.05) is 29.6 Å². The van der Waals surface area contributed by atoms with E-state index in [0.717, 1.165) is 18.7 Å². The van der Waals surface area contributed by atoms with Crippen LogP contribution in [-0.2, 0) is 0 Å². The van der Waals surface area contributed by atoms with Crippen LogP contribution in [0.1, 0.15) is 51.1 Å². The Kier molecular flexibility index (Phi) is 6.09. The second-order valence-corrected chi connectivity index (χ2v) is 6.33. The van der Waals surface area contributed by atoms with Crippen molar-refractivity contribution in [2.24, 2.45) is 5.41 Å². The number of hydrogen-bond donors (Lipinski definition) is 1. The number of nitrogens with one attached hydrogen (secondary N) is 1. The zero-order chi connectivity index (χ0) is 15.1. The molecule has 1 aliphatic carbocycles. The summed E-state index contributed by atoms with van der Waals surface area (Å²) >= 11 is 6.23. The van der Waals surface area contributed by atoms with Gasteiger partial charge in [-0.15, -0.1) is 11.6 Å². The molecule has 0 bridgehead atoms. The van der Waals surface area contributed by atoms with Crippen LogP contribution in [0.3, 0.4) is 0 Å². The Balaban J connectivity index is 1.99. The van der Waals surface area contributed by atoms with E-state index in [-0.39, 0.29) is 5.41 Å². The van der Waals surface area contributed by atoms with E-state index in [1.807, 2.05) is 13.0 Å². The average Bonchev–Trinajstić information content (AvgIpc) is 2.51. The van der Waals surface area contributed by atoms with Gasteiger partial charge in [0.2, 0.25) is 11.8 Å². The molecule has 1 fully saturated rings. The highest BCUT2D eigenvalue weighted by Gasteiger charge is 2.31. The molecule has 21 heavy (non-hydrogen) atoms. The van der Waals surface area contributed by atoms with Crippen LogP contribution >= 0.6 is 11.6 Å². The maximum absolute atomic E-state index is 6.23. The minimum atomic E-state index is 0.192. The monoisotopic (exact) mass is 311 g/mol. The Morgan fingerprint density at radius 2 is 2.05 bits per heavy atom. The Morgan fingerprint density at radius 3 is 2.71 bits per heavy atom. The van der Waals surface area contributed by atoms with Crippen LogP contribution in [0.5, 0.6) is 5.88 Å². The first kappa shape index (κ1) is 16.3. The van der Waals surface area contributed by atoms with Crippen molar-refractivity contribution in [2.45, 2.75) is 52.4 Å². The topological polar surface area (TPSA) is 47.0 Å². The van der Waals surface area contributed by atoms with Crippen molar-refractivity contribution in [3.05, 3.63) is 11.8 Å². The molecule has 5 heteroatoms. The third-order valence-corrected chi connectivity index (χ3v) is 4.67. The Labute approximate surface area is 132 Å². The summed E-state index contributed by atoms with van der Waals surface area (Å²) in [5.41, 5.74) is 1.11. The van der Waals surface area contributed by atoms with Crippen molar-refractivity contribution in [3.8, 4) is 5.88 Å². The fourth-order valence-electron chi connectivity index (χ4n) is 2.83. The van der Waals surface area contributed by atoms with E-state index in [1.165, 1.54) is 32.1 Å². The predicted molar refractivity (Wildman–Crippen MR) is 87.3 cm³/mol. The molecular weight excluding hydrogens is 286 g/mol. The van der Waals surface area contributed by atoms with E-state index in [2.05, 4.69) is 22.2 Å². The lowest BCUT2D eigenvalue weighted by molar-refractivity contribution is 0.237. The normalized spacial score (nSPS) is 17.5. The van der Waals surface area contributed by atoms with E-state index in [4.69, 9.17) is 16.3 Å². The van der Waals surface area contributed by atoms with Gasteiger partial charge in [-0.25, -0.2) is 4.98 Å². The zero-order valence-corrected chi connectivity index (χ0v) is 13.9. The molecule has 1 N–H and O–H groups in total. The van der Waals surface area contributed by atoms with Gasteiger partial charge in [-0.05, 0) is 26.2 Å². The first-order chi connectivity index (χ1) is 10.2. The summed E-state index contributed by atoms with van der Waals surface area (Å²) in [5, 5.41) is 3.38. The number of alkyl halides is 1. The third-order valence-electron chi connectivity index (χ3n) is 4.10. The van der Waals surface area contributed by atoms with Crippen molar-refractivity contribution < 1.29 is 4.74 Å². The van der Waals surface area contributed by atoms with Gasteiger partial charge in [-0.3, -0.25) is 0 Å². The van der Waals surface area contributed by atoms with Gasteiger partial charge in [-0.1, -0.05) is 26.2 Å². The molecule has 1 aliphatic rings. The summed E-state index contributed by atoms with van der Waals surface area (Å²) in [7, 11) is 0. The molecule has 0 saturated heterocycles. The lowest BCUT2D eigenvalue weighted by Crippen LogP contribution is -2.34. The van der Waals surface area contributed by atoms with Gasteiger partial charge < -0.3 is 10.1 Å². The molecule has 0 amide bonds. The number of halogens is 1.